The minimum Gasteiger partial charge on any atom is -0.342 e. The van der Waals surface area contributed by atoms with Crippen LogP contribution in [0.2, 0.25) is 0 Å². The van der Waals surface area contributed by atoms with Gasteiger partial charge in [0.25, 0.3) is 11.8 Å². The molecule has 2 N–H and O–H groups in total. The number of ketones is 2. The number of hydrogen-bond donors (Lipinski definition) is 2. The van der Waals surface area contributed by atoms with Crippen LogP contribution in [-0.4, -0.2) is 35.5 Å². The van der Waals surface area contributed by atoms with Gasteiger partial charge in [0, 0.05) is 11.1 Å². The Morgan fingerprint density at radius 2 is 0.923 bits per heavy atom. The van der Waals surface area contributed by atoms with E-state index in [2.05, 4.69) is 10.6 Å². The highest BCUT2D eigenvalue weighted by Crippen LogP contribution is 2.10. The number of carbonyl (C=O) groups is 4. The highest BCUT2D eigenvalue weighted by molar-refractivity contribution is 6.00. The van der Waals surface area contributed by atoms with Crippen molar-refractivity contribution in [1.29, 1.82) is 0 Å². The van der Waals surface area contributed by atoms with Gasteiger partial charge in [-0.25, -0.2) is 0 Å². The Kier molecular flexibility index (Phi) is 7.68. The lowest BCUT2D eigenvalue weighted by molar-refractivity contribution is -0.120. The zero-order valence-corrected chi connectivity index (χ0v) is 16.3. The number of amides is 2. The predicted octanol–water partition coefficient (Wildman–Crippen LogP) is 2.37. The van der Waals surface area contributed by atoms with Gasteiger partial charge < -0.3 is 10.6 Å². The van der Waals surface area contributed by atoms with E-state index in [-0.39, 0.29) is 35.2 Å². The first-order valence-corrected chi connectivity index (χ1v) is 8.77. The third kappa shape index (κ3) is 5.79. The van der Waals surface area contributed by atoms with E-state index in [1.165, 1.54) is 38.1 Å². The lowest BCUT2D eigenvalue weighted by atomic mass is 9.99. The minimum absolute atomic E-state index is 0.0129. The van der Waals surface area contributed by atoms with Gasteiger partial charge in [-0.1, -0.05) is 27.7 Å². The van der Waals surface area contributed by atoms with E-state index >= 15 is 0 Å². The monoisotopic (exact) mass is 360 g/mol. The number of carbonyl (C=O) groups excluding carboxylic acids is 4. The Hall–Kier alpha value is -2.50. The summed E-state index contributed by atoms with van der Waals surface area (Å²) in [4.78, 5) is 47.8. The molecule has 1 aromatic carbocycles. The molecule has 6 nitrogen and oxygen atoms in total. The van der Waals surface area contributed by atoms with E-state index in [9.17, 15) is 19.2 Å². The van der Waals surface area contributed by atoms with Crippen molar-refractivity contribution in [2.75, 3.05) is 0 Å². The molecule has 1 rings (SSSR count). The molecule has 0 aromatic heterocycles. The van der Waals surface area contributed by atoms with Crippen LogP contribution in [0, 0.1) is 11.8 Å². The Morgan fingerprint density at radius 3 is 1.12 bits per heavy atom. The summed E-state index contributed by atoms with van der Waals surface area (Å²) in [6, 6.07) is 5.01. The van der Waals surface area contributed by atoms with Gasteiger partial charge in [0.1, 0.15) is 0 Å². The van der Waals surface area contributed by atoms with E-state index < -0.39 is 12.1 Å². The molecule has 0 fully saturated rings. The summed E-state index contributed by atoms with van der Waals surface area (Å²) in [7, 11) is 0. The molecule has 0 aliphatic carbocycles. The Morgan fingerprint density at radius 1 is 0.654 bits per heavy atom. The minimum atomic E-state index is -0.548. The Labute approximate surface area is 154 Å². The second-order valence-corrected chi connectivity index (χ2v) is 7.19. The molecular weight excluding hydrogens is 332 g/mol. The van der Waals surface area contributed by atoms with E-state index in [1.807, 2.05) is 27.7 Å². The Balaban J connectivity index is 2.84. The molecule has 1 aromatic rings. The molecule has 0 spiro atoms. The molecule has 6 heteroatoms. The van der Waals surface area contributed by atoms with Crippen LogP contribution in [0.1, 0.15) is 62.3 Å². The fourth-order valence-corrected chi connectivity index (χ4v) is 2.70. The molecule has 0 heterocycles. The SMILES string of the molecule is CC(=O)C(NC(=O)c1ccc(C(=O)NC(C(C)=O)C(C)C)cc1)C(C)C. The van der Waals surface area contributed by atoms with Crippen LogP contribution in [0.4, 0.5) is 0 Å². The largest absolute Gasteiger partial charge is 0.342 e. The molecule has 0 saturated heterocycles. The number of benzene rings is 1. The van der Waals surface area contributed by atoms with Gasteiger partial charge in [0.2, 0.25) is 0 Å². The zero-order valence-electron chi connectivity index (χ0n) is 16.3. The van der Waals surface area contributed by atoms with Crippen molar-refractivity contribution in [3.8, 4) is 0 Å². The van der Waals surface area contributed by atoms with Crippen molar-refractivity contribution in [2.45, 2.75) is 53.6 Å². The zero-order chi connectivity index (χ0) is 20.0. The lowest BCUT2D eigenvalue weighted by Crippen LogP contribution is -2.43. The highest BCUT2D eigenvalue weighted by atomic mass is 16.2. The molecule has 26 heavy (non-hydrogen) atoms. The fraction of sp³-hybridized carbons (Fsp3) is 0.500. The molecular formula is C20H28N2O4. The number of Topliss-reactive ketones (excluding diaryl/α,β-unsaturated/α-hetero) is 2. The summed E-state index contributed by atoms with van der Waals surface area (Å²) in [6.07, 6.45) is 0. The average Bonchev–Trinajstić information content (AvgIpc) is 2.55. The van der Waals surface area contributed by atoms with Crippen molar-refractivity contribution in [1.82, 2.24) is 10.6 Å². The van der Waals surface area contributed by atoms with Crippen molar-refractivity contribution >= 4 is 23.4 Å². The summed E-state index contributed by atoms with van der Waals surface area (Å²) >= 11 is 0. The van der Waals surface area contributed by atoms with Crippen LogP contribution in [0.25, 0.3) is 0 Å². The normalized spacial score (nSPS) is 13.2. The molecule has 0 bridgehead atoms. The van der Waals surface area contributed by atoms with Crippen LogP contribution in [0.3, 0.4) is 0 Å². The van der Waals surface area contributed by atoms with Gasteiger partial charge in [-0.05, 0) is 49.9 Å². The van der Waals surface area contributed by atoms with E-state index in [1.54, 1.807) is 0 Å². The van der Waals surface area contributed by atoms with Crippen LogP contribution in [0.15, 0.2) is 24.3 Å². The quantitative estimate of drug-likeness (QED) is 0.744. The summed E-state index contributed by atoms with van der Waals surface area (Å²) in [5.74, 6) is -0.965. The first kappa shape index (κ1) is 21.5. The average molecular weight is 360 g/mol. The molecule has 0 aliphatic rings. The van der Waals surface area contributed by atoms with E-state index in [0.717, 1.165) is 0 Å². The van der Waals surface area contributed by atoms with Crippen LogP contribution in [-0.2, 0) is 9.59 Å². The van der Waals surface area contributed by atoms with E-state index in [0.29, 0.717) is 11.1 Å². The van der Waals surface area contributed by atoms with Crippen LogP contribution in [0.5, 0.6) is 0 Å². The maximum Gasteiger partial charge on any atom is 0.251 e. The maximum absolute atomic E-state index is 12.3. The molecule has 2 amide bonds. The molecule has 2 atom stereocenters. The summed E-state index contributed by atoms with van der Waals surface area (Å²) < 4.78 is 0. The van der Waals surface area contributed by atoms with Gasteiger partial charge in [0.05, 0.1) is 12.1 Å². The van der Waals surface area contributed by atoms with Gasteiger partial charge in [-0.3, -0.25) is 19.2 Å². The van der Waals surface area contributed by atoms with Gasteiger partial charge in [0.15, 0.2) is 11.6 Å². The first-order chi connectivity index (χ1) is 12.0. The first-order valence-electron chi connectivity index (χ1n) is 8.77. The smallest absolute Gasteiger partial charge is 0.251 e. The summed E-state index contributed by atoms with van der Waals surface area (Å²) in [6.45, 7) is 10.3. The topological polar surface area (TPSA) is 92.3 Å². The Bertz CT molecular complexity index is 619. The highest BCUT2D eigenvalue weighted by Gasteiger charge is 2.23. The maximum atomic E-state index is 12.3. The van der Waals surface area contributed by atoms with Gasteiger partial charge in [-0.15, -0.1) is 0 Å². The van der Waals surface area contributed by atoms with Crippen molar-refractivity contribution in [2.24, 2.45) is 11.8 Å². The van der Waals surface area contributed by atoms with Crippen molar-refractivity contribution < 1.29 is 19.2 Å². The summed E-state index contributed by atoms with van der Waals surface area (Å²) in [5, 5.41) is 5.42. The number of hydrogen-bond acceptors (Lipinski definition) is 4. The molecule has 142 valence electrons. The molecule has 0 radical (unpaired) electrons. The third-order valence-electron chi connectivity index (χ3n) is 4.19. The summed E-state index contributed by atoms with van der Waals surface area (Å²) in [5.41, 5.74) is 0.723. The molecule has 2 unspecified atom stereocenters. The van der Waals surface area contributed by atoms with Crippen molar-refractivity contribution in [3.05, 3.63) is 35.4 Å². The predicted molar refractivity (Wildman–Crippen MR) is 100.0 cm³/mol. The fourth-order valence-electron chi connectivity index (χ4n) is 2.70. The van der Waals surface area contributed by atoms with Crippen LogP contribution < -0.4 is 10.6 Å². The third-order valence-corrected chi connectivity index (χ3v) is 4.19. The van der Waals surface area contributed by atoms with E-state index in [4.69, 9.17) is 0 Å². The van der Waals surface area contributed by atoms with Crippen molar-refractivity contribution in [3.63, 3.8) is 0 Å². The second kappa shape index (κ2) is 9.27. The van der Waals surface area contributed by atoms with Crippen LogP contribution >= 0.6 is 0 Å². The lowest BCUT2D eigenvalue weighted by Gasteiger charge is -2.20. The molecule has 0 aliphatic heterocycles. The number of rotatable bonds is 8. The van der Waals surface area contributed by atoms with Gasteiger partial charge in [-0.2, -0.15) is 0 Å². The molecule has 0 saturated carbocycles. The number of nitrogens with one attached hydrogen (secondary N) is 2. The van der Waals surface area contributed by atoms with Gasteiger partial charge >= 0.3 is 0 Å². The standard InChI is InChI=1S/C20H28N2O4/c1-11(2)17(13(5)23)21-19(25)15-7-9-16(10-8-15)20(26)22-18(12(3)4)14(6)24/h7-12,17-18H,1-6H3,(H,21,25)(H,22,26). The second-order valence-electron chi connectivity index (χ2n) is 7.19.